The van der Waals surface area contributed by atoms with Crippen molar-refractivity contribution in [1.82, 2.24) is 20.1 Å². The molecule has 3 rings (SSSR count). The van der Waals surface area contributed by atoms with Gasteiger partial charge in [0.2, 0.25) is 5.91 Å². The minimum absolute atomic E-state index is 0.0217. The number of carboxylic acid groups (broad SMARTS) is 1. The van der Waals surface area contributed by atoms with Crippen LogP contribution < -0.4 is 10.1 Å². The molecule has 0 spiro atoms. The van der Waals surface area contributed by atoms with Gasteiger partial charge in [-0.2, -0.15) is 0 Å². The molecule has 1 atom stereocenters. The number of ether oxygens (including phenoxy) is 3. The maximum Gasteiger partial charge on any atom is 0.409 e. The van der Waals surface area contributed by atoms with Gasteiger partial charge in [0.05, 0.1) is 18.9 Å². The third-order valence-electron chi connectivity index (χ3n) is 6.98. The molecule has 1 aliphatic rings. The number of carbonyl (C=O) groups is 4. The molecule has 12 heteroatoms. The van der Waals surface area contributed by atoms with Crippen LogP contribution in [0.3, 0.4) is 0 Å². The van der Waals surface area contributed by atoms with Crippen LogP contribution in [-0.4, -0.2) is 103 Å². The molecule has 3 amide bonds. The zero-order valence-corrected chi connectivity index (χ0v) is 25.0. The molecule has 12 nitrogen and oxygen atoms in total. The molecule has 1 fully saturated rings. The summed E-state index contributed by atoms with van der Waals surface area (Å²) in [5.74, 6) is -1.74. The summed E-state index contributed by atoms with van der Waals surface area (Å²) in [5.41, 5.74) is 1.29. The van der Waals surface area contributed by atoms with Crippen LogP contribution in [-0.2, 0) is 19.1 Å². The predicted molar refractivity (Wildman–Crippen MR) is 159 cm³/mol. The summed E-state index contributed by atoms with van der Waals surface area (Å²) in [6.07, 6.45) is 3.18. The monoisotopic (exact) mass is 598 g/mol. The lowest BCUT2D eigenvalue weighted by Crippen LogP contribution is -2.56. The number of carbonyl (C=O) groups excluding carboxylic acids is 3. The van der Waals surface area contributed by atoms with Crippen LogP contribution in [0.4, 0.5) is 4.79 Å². The largest absolute Gasteiger partial charge is 0.491 e. The smallest absolute Gasteiger partial charge is 0.409 e. The van der Waals surface area contributed by atoms with E-state index in [0.29, 0.717) is 24.7 Å². The van der Waals surface area contributed by atoms with Crippen LogP contribution in [0, 0.1) is 0 Å². The summed E-state index contributed by atoms with van der Waals surface area (Å²) in [6, 6.07) is 11.4. The molecule has 234 valence electrons. The first-order valence-electron chi connectivity index (χ1n) is 14.7. The van der Waals surface area contributed by atoms with E-state index in [1.807, 2.05) is 30.3 Å². The first-order valence-corrected chi connectivity index (χ1v) is 14.7. The molecule has 2 aromatic rings. The van der Waals surface area contributed by atoms with E-state index in [4.69, 9.17) is 14.2 Å². The minimum atomic E-state index is -1.10. The van der Waals surface area contributed by atoms with Crippen LogP contribution in [0.5, 0.6) is 5.75 Å². The SMILES string of the molecule is CCCCCCOC(=O)N1CCN(C(=O)[C@H](CCC(=O)O)NC(=O)c2cc(OCCOC)cc(-c3ccccc3)n2)CC1. The quantitative estimate of drug-likeness (QED) is 0.277. The number of nitrogens with one attached hydrogen (secondary N) is 1. The summed E-state index contributed by atoms with van der Waals surface area (Å²) in [6.45, 7) is 4.12. The maximum absolute atomic E-state index is 13.5. The second kappa shape index (κ2) is 17.7. The lowest BCUT2D eigenvalue weighted by atomic mass is 10.1. The number of amides is 3. The summed E-state index contributed by atoms with van der Waals surface area (Å²) in [7, 11) is 1.56. The highest BCUT2D eigenvalue weighted by molar-refractivity contribution is 5.97. The number of methoxy groups -OCH3 is 1. The van der Waals surface area contributed by atoms with Crippen molar-refractivity contribution in [2.45, 2.75) is 51.5 Å². The van der Waals surface area contributed by atoms with Gasteiger partial charge in [-0.1, -0.05) is 56.5 Å². The average Bonchev–Trinajstić information content (AvgIpc) is 3.02. The second-order valence-electron chi connectivity index (χ2n) is 10.2. The summed E-state index contributed by atoms with van der Waals surface area (Å²) >= 11 is 0. The Morgan fingerprint density at radius 2 is 1.67 bits per heavy atom. The average molecular weight is 599 g/mol. The van der Waals surface area contributed by atoms with Crippen molar-refractivity contribution in [3.8, 4) is 17.0 Å². The standard InChI is InChI=1S/C31H42N4O8/c1-3-4-5-9-18-43-31(40)35-16-14-34(15-17-35)30(39)25(12-13-28(36)37)33-29(38)27-22-24(42-20-19-41-2)21-26(32-27)23-10-7-6-8-11-23/h6-8,10-11,21-22,25H,3-5,9,12-20H2,1-2H3,(H,33,38)(H,36,37)/t25-/m0/s1. The number of pyridine rings is 1. The zero-order valence-electron chi connectivity index (χ0n) is 25.0. The Balaban J connectivity index is 1.69. The van der Waals surface area contributed by atoms with Crippen molar-refractivity contribution >= 4 is 23.9 Å². The highest BCUT2D eigenvalue weighted by Crippen LogP contribution is 2.23. The van der Waals surface area contributed by atoms with Crippen molar-refractivity contribution in [1.29, 1.82) is 0 Å². The van der Waals surface area contributed by atoms with Gasteiger partial charge in [-0.15, -0.1) is 0 Å². The molecule has 1 aromatic heterocycles. The molecular formula is C31H42N4O8. The zero-order chi connectivity index (χ0) is 31.0. The number of rotatable bonds is 16. The Labute approximate surface area is 252 Å². The topological polar surface area (TPSA) is 148 Å². The number of hydrogen-bond acceptors (Lipinski definition) is 8. The molecule has 0 unspecified atom stereocenters. The van der Waals surface area contributed by atoms with Crippen LogP contribution in [0.2, 0.25) is 0 Å². The molecule has 2 N–H and O–H groups in total. The number of nitrogens with zero attached hydrogens (tertiary/aromatic N) is 3. The molecule has 1 aromatic carbocycles. The van der Waals surface area contributed by atoms with Gasteiger partial charge in [0.1, 0.15) is 24.1 Å². The van der Waals surface area contributed by atoms with Gasteiger partial charge in [0.15, 0.2) is 0 Å². The summed E-state index contributed by atoms with van der Waals surface area (Å²) in [4.78, 5) is 58.3. The van der Waals surface area contributed by atoms with Crippen molar-refractivity contribution < 1.29 is 38.5 Å². The van der Waals surface area contributed by atoms with E-state index in [0.717, 1.165) is 31.2 Å². The van der Waals surface area contributed by atoms with Crippen LogP contribution in [0.25, 0.3) is 11.3 Å². The Morgan fingerprint density at radius 1 is 0.953 bits per heavy atom. The van der Waals surface area contributed by atoms with Gasteiger partial charge in [-0.05, 0) is 12.8 Å². The molecule has 0 aliphatic carbocycles. The van der Waals surface area contributed by atoms with Crippen molar-refractivity contribution in [3.05, 3.63) is 48.2 Å². The fourth-order valence-corrected chi connectivity index (χ4v) is 4.57. The highest BCUT2D eigenvalue weighted by Gasteiger charge is 2.31. The predicted octanol–water partition coefficient (Wildman–Crippen LogP) is 3.60. The molecule has 2 heterocycles. The number of aliphatic carboxylic acids is 1. The van der Waals surface area contributed by atoms with Gasteiger partial charge in [0.25, 0.3) is 5.91 Å². The Kier molecular flexibility index (Phi) is 13.7. The van der Waals surface area contributed by atoms with Crippen molar-refractivity contribution in [3.63, 3.8) is 0 Å². The summed E-state index contributed by atoms with van der Waals surface area (Å²) in [5, 5.41) is 12.0. The molecule has 0 radical (unpaired) electrons. The van der Waals surface area contributed by atoms with E-state index in [9.17, 15) is 24.3 Å². The van der Waals surface area contributed by atoms with Crippen molar-refractivity contribution in [2.24, 2.45) is 0 Å². The number of carboxylic acids is 1. The number of piperazine rings is 1. The van der Waals surface area contributed by atoms with E-state index >= 15 is 0 Å². The molecule has 0 saturated carbocycles. The Morgan fingerprint density at radius 3 is 2.35 bits per heavy atom. The van der Waals surface area contributed by atoms with Gasteiger partial charge in [0, 0.05) is 57.4 Å². The Bertz CT molecular complexity index is 1200. The van der Waals surface area contributed by atoms with E-state index in [-0.39, 0.29) is 51.3 Å². The number of hydrogen-bond donors (Lipinski definition) is 2. The molecule has 0 bridgehead atoms. The van der Waals surface area contributed by atoms with E-state index in [2.05, 4.69) is 17.2 Å². The van der Waals surface area contributed by atoms with Gasteiger partial charge >= 0.3 is 12.1 Å². The van der Waals surface area contributed by atoms with E-state index in [1.54, 1.807) is 18.1 Å². The summed E-state index contributed by atoms with van der Waals surface area (Å²) < 4.78 is 16.2. The fraction of sp³-hybridized carbons (Fsp3) is 0.516. The van der Waals surface area contributed by atoms with Crippen LogP contribution >= 0.6 is 0 Å². The highest BCUT2D eigenvalue weighted by atomic mass is 16.6. The van der Waals surface area contributed by atoms with E-state index in [1.165, 1.54) is 11.0 Å². The van der Waals surface area contributed by atoms with Crippen LogP contribution in [0.1, 0.15) is 55.9 Å². The Hall–Kier alpha value is -4.19. The number of benzene rings is 1. The van der Waals surface area contributed by atoms with Gasteiger partial charge in [-0.25, -0.2) is 9.78 Å². The second-order valence-corrected chi connectivity index (χ2v) is 10.2. The molecule has 43 heavy (non-hydrogen) atoms. The third kappa shape index (κ3) is 10.9. The molecule has 1 aliphatic heterocycles. The fourth-order valence-electron chi connectivity index (χ4n) is 4.57. The number of aromatic nitrogens is 1. The van der Waals surface area contributed by atoms with E-state index < -0.39 is 29.9 Å². The molecule has 1 saturated heterocycles. The molecular weight excluding hydrogens is 556 g/mol. The van der Waals surface area contributed by atoms with Crippen LogP contribution in [0.15, 0.2) is 42.5 Å². The minimum Gasteiger partial charge on any atom is -0.491 e. The lowest BCUT2D eigenvalue weighted by molar-refractivity contribution is -0.138. The maximum atomic E-state index is 13.5. The van der Waals surface area contributed by atoms with Crippen molar-refractivity contribution in [2.75, 3.05) is 53.1 Å². The third-order valence-corrected chi connectivity index (χ3v) is 6.98. The lowest BCUT2D eigenvalue weighted by Gasteiger charge is -2.36. The first-order chi connectivity index (χ1) is 20.8. The normalized spacial score (nSPS) is 13.7. The van der Waals surface area contributed by atoms with Gasteiger partial charge < -0.3 is 34.4 Å². The van der Waals surface area contributed by atoms with Gasteiger partial charge in [-0.3, -0.25) is 14.4 Å². The number of unbranched alkanes of at least 4 members (excludes halogenated alkanes) is 3. The first kappa shape index (κ1) is 33.3.